The Morgan fingerprint density at radius 3 is 2.76 bits per heavy atom. The maximum absolute atomic E-state index is 6.49. The predicted molar refractivity (Wildman–Crippen MR) is 132 cm³/mol. The molecule has 2 unspecified atom stereocenters. The zero-order chi connectivity index (χ0) is 22.8. The largest absolute Gasteiger partial charge is 0.294 e. The van der Waals surface area contributed by atoms with Gasteiger partial charge in [-0.25, -0.2) is 15.8 Å². The molecule has 0 bridgehead atoms. The molecule has 0 saturated heterocycles. The van der Waals surface area contributed by atoms with Crippen molar-refractivity contribution in [3.05, 3.63) is 72.9 Å². The number of nitrogens with two attached hydrogens (primary N) is 1. The van der Waals surface area contributed by atoms with Gasteiger partial charge in [0.15, 0.2) is 0 Å². The van der Waals surface area contributed by atoms with Crippen LogP contribution in [0.5, 0.6) is 0 Å². The van der Waals surface area contributed by atoms with Gasteiger partial charge >= 0.3 is 0 Å². The van der Waals surface area contributed by atoms with Crippen molar-refractivity contribution in [2.24, 2.45) is 22.7 Å². The molecule has 1 aromatic carbocycles. The molecule has 2 N–H and O–H groups in total. The molecule has 1 aliphatic heterocycles. The number of hydrazine groups is 1. The Morgan fingerprint density at radius 1 is 1.00 bits per heavy atom. The lowest BCUT2D eigenvalue weighted by molar-refractivity contribution is 0.325. The van der Waals surface area contributed by atoms with Gasteiger partial charge in [-0.2, -0.15) is 0 Å². The van der Waals surface area contributed by atoms with Crippen LogP contribution in [-0.2, 0) is 0 Å². The lowest BCUT2D eigenvalue weighted by atomic mass is 9.78. The molecule has 0 saturated carbocycles. The Kier molecular flexibility index (Phi) is 5.79. The molecule has 7 nitrogen and oxygen atoms in total. The van der Waals surface area contributed by atoms with Crippen molar-refractivity contribution in [1.82, 2.24) is 19.9 Å². The van der Waals surface area contributed by atoms with Gasteiger partial charge in [-0.15, -0.1) is 0 Å². The maximum Gasteiger partial charge on any atom is 0.146 e. The van der Waals surface area contributed by atoms with Crippen LogP contribution in [-0.4, -0.2) is 32.7 Å². The van der Waals surface area contributed by atoms with E-state index in [1.807, 2.05) is 48.8 Å². The van der Waals surface area contributed by atoms with Crippen LogP contribution in [0.4, 0.5) is 11.5 Å². The van der Waals surface area contributed by atoms with Gasteiger partial charge in [0.2, 0.25) is 0 Å². The highest BCUT2D eigenvalue weighted by Crippen LogP contribution is 2.38. The van der Waals surface area contributed by atoms with Gasteiger partial charge in [0.25, 0.3) is 0 Å². The van der Waals surface area contributed by atoms with Crippen LogP contribution in [0, 0.1) is 11.8 Å². The van der Waals surface area contributed by atoms with Crippen LogP contribution in [0.25, 0.3) is 22.2 Å². The first-order valence-electron chi connectivity index (χ1n) is 11.3. The topological polar surface area (TPSA) is 93.2 Å². The SMILES string of the molecule is CC(C1CC=Nc2cccnc21)[C@H](C)CN(N)c1cc(-c2ccc3ncccc3c2)ncn1. The quantitative estimate of drug-likeness (QED) is 0.340. The van der Waals surface area contributed by atoms with Gasteiger partial charge in [0.05, 0.1) is 22.6 Å². The minimum atomic E-state index is 0.325. The van der Waals surface area contributed by atoms with E-state index in [9.17, 15) is 0 Å². The molecular formula is C26H27N7. The fraction of sp³-hybridized carbons (Fsp3) is 0.269. The molecule has 0 aliphatic carbocycles. The van der Waals surface area contributed by atoms with Crippen molar-refractivity contribution >= 4 is 28.6 Å². The molecular weight excluding hydrogens is 410 g/mol. The van der Waals surface area contributed by atoms with Gasteiger partial charge < -0.3 is 0 Å². The van der Waals surface area contributed by atoms with Crippen molar-refractivity contribution < 1.29 is 0 Å². The highest BCUT2D eigenvalue weighted by molar-refractivity contribution is 5.83. The summed E-state index contributed by atoms with van der Waals surface area (Å²) in [6, 6.07) is 16.0. The van der Waals surface area contributed by atoms with Crippen LogP contribution in [0.2, 0.25) is 0 Å². The first-order chi connectivity index (χ1) is 16.1. The highest BCUT2D eigenvalue weighted by atomic mass is 15.4. The number of rotatable bonds is 6. The molecule has 3 aromatic heterocycles. The van der Waals surface area contributed by atoms with E-state index < -0.39 is 0 Å². The highest BCUT2D eigenvalue weighted by Gasteiger charge is 2.29. The number of anilines is 1. The zero-order valence-corrected chi connectivity index (χ0v) is 18.8. The summed E-state index contributed by atoms with van der Waals surface area (Å²) < 4.78 is 0. The summed E-state index contributed by atoms with van der Waals surface area (Å²) >= 11 is 0. The summed E-state index contributed by atoms with van der Waals surface area (Å²) in [6.45, 7) is 5.18. The average molecular weight is 438 g/mol. The van der Waals surface area contributed by atoms with Gasteiger partial charge in [0, 0.05) is 48.1 Å². The molecule has 0 amide bonds. The van der Waals surface area contributed by atoms with Gasteiger partial charge in [0.1, 0.15) is 12.1 Å². The Balaban J connectivity index is 1.32. The summed E-state index contributed by atoms with van der Waals surface area (Å²) in [6.07, 6.45) is 8.13. The third-order valence-electron chi connectivity index (χ3n) is 6.62. The lowest BCUT2D eigenvalue weighted by Gasteiger charge is -2.32. The normalized spacial score (nSPS) is 16.9. The molecule has 0 radical (unpaired) electrons. The van der Waals surface area contributed by atoms with E-state index in [0.717, 1.165) is 40.0 Å². The molecule has 3 atom stereocenters. The summed E-state index contributed by atoms with van der Waals surface area (Å²) in [5.74, 6) is 8.22. The maximum atomic E-state index is 6.49. The van der Waals surface area contributed by atoms with E-state index in [1.54, 1.807) is 17.5 Å². The van der Waals surface area contributed by atoms with Crippen LogP contribution >= 0.6 is 0 Å². The molecule has 4 heterocycles. The van der Waals surface area contributed by atoms with Crippen molar-refractivity contribution in [2.75, 3.05) is 11.6 Å². The molecule has 33 heavy (non-hydrogen) atoms. The summed E-state index contributed by atoms with van der Waals surface area (Å²) in [5.41, 5.74) is 4.87. The molecule has 7 heteroatoms. The third-order valence-corrected chi connectivity index (χ3v) is 6.62. The predicted octanol–water partition coefficient (Wildman–Crippen LogP) is 4.93. The zero-order valence-electron chi connectivity index (χ0n) is 18.8. The number of hydrogen-bond acceptors (Lipinski definition) is 7. The van der Waals surface area contributed by atoms with Crippen molar-refractivity contribution in [1.29, 1.82) is 0 Å². The van der Waals surface area contributed by atoms with E-state index in [1.165, 1.54) is 0 Å². The minimum Gasteiger partial charge on any atom is -0.294 e. The number of fused-ring (bicyclic) bond motifs is 2. The van der Waals surface area contributed by atoms with E-state index in [2.05, 4.69) is 50.9 Å². The van der Waals surface area contributed by atoms with Crippen molar-refractivity contribution in [3.8, 4) is 11.3 Å². The summed E-state index contributed by atoms with van der Waals surface area (Å²) in [5, 5.41) is 2.80. The van der Waals surface area contributed by atoms with E-state index >= 15 is 0 Å². The fourth-order valence-corrected chi connectivity index (χ4v) is 4.51. The second-order valence-corrected chi connectivity index (χ2v) is 8.72. The second-order valence-electron chi connectivity index (χ2n) is 8.72. The third kappa shape index (κ3) is 4.32. The van der Waals surface area contributed by atoms with Crippen molar-refractivity contribution in [2.45, 2.75) is 26.2 Å². The number of aromatic nitrogens is 4. The van der Waals surface area contributed by atoms with Gasteiger partial charge in [-0.05, 0) is 48.6 Å². The van der Waals surface area contributed by atoms with E-state index in [-0.39, 0.29) is 0 Å². The van der Waals surface area contributed by atoms with E-state index in [4.69, 9.17) is 5.84 Å². The number of hydrogen-bond donors (Lipinski definition) is 1. The average Bonchev–Trinajstić information content (AvgIpc) is 2.87. The molecule has 1 aliphatic rings. The number of benzene rings is 1. The number of aliphatic imine (C=N–C) groups is 1. The summed E-state index contributed by atoms with van der Waals surface area (Å²) in [7, 11) is 0. The molecule has 4 aromatic rings. The molecule has 166 valence electrons. The number of nitrogens with zero attached hydrogens (tertiary/aromatic N) is 6. The minimum absolute atomic E-state index is 0.325. The van der Waals surface area contributed by atoms with Gasteiger partial charge in [-0.3, -0.25) is 20.0 Å². The first kappa shape index (κ1) is 21.2. The van der Waals surface area contributed by atoms with Crippen LogP contribution < -0.4 is 10.9 Å². The fourth-order valence-electron chi connectivity index (χ4n) is 4.51. The lowest BCUT2D eigenvalue weighted by Crippen LogP contribution is -2.38. The first-order valence-corrected chi connectivity index (χ1v) is 11.3. The molecule has 0 fully saturated rings. The Bertz CT molecular complexity index is 1300. The van der Waals surface area contributed by atoms with Crippen LogP contribution in [0.1, 0.15) is 31.9 Å². The Morgan fingerprint density at radius 2 is 1.85 bits per heavy atom. The van der Waals surface area contributed by atoms with Crippen molar-refractivity contribution in [3.63, 3.8) is 0 Å². The molecule has 0 spiro atoms. The van der Waals surface area contributed by atoms with Crippen LogP contribution in [0.15, 0.2) is 72.2 Å². The van der Waals surface area contributed by atoms with Crippen LogP contribution in [0.3, 0.4) is 0 Å². The summed E-state index contributed by atoms with van der Waals surface area (Å²) in [4.78, 5) is 22.4. The van der Waals surface area contributed by atoms with E-state index in [0.29, 0.717) is 30.1 Å². The Hall–Kier alpha value is -3.71. The number of pyridine rings is 2. The standard InChI is InChI=1S/C26H27N7/c1-17(18(2)21-9-12-29-23-6-4-11-30-26(21)23)15-33(27)25-14-24(31-16-32-25)20-7-8-22-19(13-20)5-3-10-28-22/h3-8,10-14,16-18,21H,9,15,27H2,1-2H3/t17-,18?,21?/m1/s1. The van der Waals surface area contributed by atoms with Gasteiger partial charge in [-0.1, -0.05) is 26.0 Å². The second kappa shape index (κ2) is 9.03. The monoisotopic (exact) mass is 437 g/mol. The smallest absolute Gasteiger partial charge is 0.146 e. The Labute approximate surface area is 193 Å². The molecule has 5 rings (SSSR count).